The molecule has 24 heavy (non-hydrogen) atoms. The maximum Gasteiger partial charge on any atom is 0.194 e. The van der Waals surface area contributed by atoms with E-state index in [1.54, 1.807) is 0 Å². The Labute approximate surface area is 173 Å². The summed E-state index contributed by atoms with van der Waals surface area (Å²) in [5.74, 6) is 3.03. The predicted molar refractivity (Wildman–Crippen MR) is 120 cm³/mol. The maximum absolute atomic E-state index is 5.55. The van der Waals surface area contributed by atoms with Crippen LogP contribution < -0.4 is 5.32 Å². The Kier molecular flexibility index (Phi) is 10.8. The van der Waals surface area contributed by atoms with E-state index in [1.165, 1.54) is 5.75 Å². The van der Waals surface area contributed by atoms with E-state index in [0.29, 0.717) is 5.25 Å². The van der Waals surface area contributed by atoms with Gasteiger partial charge < -0.3 is 15.0 Å². The van der Waals surface area contributed by atoms with Crippen LogP contribution in [0.5, 0.6) is 0 Å². The Hall–Kier alpha value is 0.660. The molecule has 142 valence electrons. The zero-order chi connectivity index (χ0) is 16.7. The zero-order valence-electron chi connectivity index (χ0n) is 15.5. The molecule has 7 heteroatoms. The van der Waals surface area contributed by atoms with Gasteiger partial charge in [0.15, 0.2) is 5.96 Å². The van der Waals surface area contributed by atoms with Crippen LogP contribution in [0.1, 0.15) is 33.6 Å². The number of rotatable bonds is 5. The first-order chi connectivity index (χ1) is 11.1. The van der Waals surface area contributed by atoms with Crippen molar-refractivity contribution < 1.29 is 4.74 Å². The van der Waals surface area contributed by atoms with Gasteiger partial charge in [0.05, 0.1) is 6.54 Å². The van der Waals surface area contributed by atoms with E-state index in [0.717, 1.165) is 64.1 Å². The molecule has 2 fully saturated rings. The van der Waals surface area contributed by atoms with Gasteiger partial charge in [-0.05, 0) is 31.9 Å². The van der Waals surface area contributed by atoms with E-state index < -0.39 is 0 Å². The maximum atomic E-state index is 5.55. The molecule has 2 saturated heterocycles. The minimum atomic E-state index is 0. The van der Waals surface area contributed by atoms with Crippen molar-refractivity contribution in [2.24, 2.45) is 10.9 Å². The van der Waals surface area contributed by atoms with Crippen LogP contribution in [0.3, 0.4) is 0 Å². The van der Waals surface area contributed by atoms with Gasteiger partial charge in [0, 0.05) is 48.6 Å². The van der Waals surface area contributed by atoms with Gasteiger partial charge in [0.2, 0.25) is 0 Å². The highest BCUT2D eigenvalue weighted by molar-refractivity contribution is 14.0. The molecule has 0 saturated carbocycles. The Bertz CT molecular complexity index is 390. The van der Waals surface area contributed by atoms with Crippen molar-refractivity contribution >= 4 is 53.5 Å². The molecular formula is C17H34IN3OS2. The highest BCUT2D eigenvalue weighted by Gasteiger charge is 2.32. The lowest BCUT2D eigenvalue weighted by atomic mass is 9.99. The third kappa shape index (κ3) is 6.43. The van der Waals surface area contributed by atoms with Crippen LogP contribution in [0.4, 0.5) is 0 Å². The van der Waals surface area contributed by atoms with Crippen LogP contribution >= 0.6 is 47.5 Å². The Morgan fingerprint density at radius 3 is 2.71 bits per heavy atom. The Morgan fingerprint density at radius 2 is 2.12 bits per heavy atom. The molecule has 0 aliphatic carbocycles. The molecule has 4 nitrogen and oxygen atoms in total. The summed E-state index contributed by atoms with van der Waals surface area (Å²) in [6.45, 7) is 12.6. The zero-order valence-corrected chi connectivity index (χ0v) is 19.5. The molecule has 0 spiro atoms. The summed E-state index contributed by atoms with van der Waals surface area (Å²) in [6, 6.07) is 0. The average Bonchev–Trinajstić information content (AvgIpc) is 2.59. The number of hydrogen-bond acceptors (Lipinski definition) is 4. The number of nitrogens with one attached hydrogen (secondary N) is 1. The molecule has 2 heterocycles. The topological polar surface area (TPSA) is 36.9 Å². The van der Waals surface area contributed by atoms with E-state index in [-0.39, 0.29) is 28.7 Å². The molecule has 1 unspecified atom stereocenters. The third-order valence-electron chi connectivity index (χ3n) is 4.83. The summed E-state index contributed by atoms with van der Waals surface area (Å²) in [5, 5.41) is 4.23. The molecule has 0 aromatic carbocycles. The number of ether oxygens (including phenoxy) is 1. The lowest BCUT2D eigenvalue weighted by Crippen LogP contribution is -2.49. The highest BCUT2D eigenvalue weighted by Crippen LogP contribution is 2.34. The quantitative estimate of drug-likeness (QED) is 0.365. The number of nitrogens with zero attached hydrogens (tertiary/aromatic N) is 2. The van der Waals surface area contributed by atoms with Crippen LogP contribution in [-0.2, 0) is 4.74 Å². The van der Waals surface area contributed by atoms with Gasteiger partial charge in [0.25, 0.3) is 0 Å². The first kappa shape index (κ1) is 22.7. The highest BCUT2D eigenvalue weighted by atomic mass is 127. The summed E-state index contributed by atoms with van der Waals surface area (Å²) >= 11 is 4.08. The number of guanidine groups is 1. The van der Waals surface area contributed by atoms with Crippen LogP contribution in [0.25, 0.3) is 0 Å². The molecule has 0 aromatic heterocycles. The molecule has 0 bridgehead atoms. The molecule has 2 rings (SSSR count). The van der Waals surface area contributed by atoms with Crippen molar-refractivity contribution in [3.8, 4) is 0 Å². The summed E-state index contributed by atoms with van der Waals surface area (Å²) in [7, 11) is 0. The van der Waals surface area contributed by atoms with Crippen LogP contribution in [0, 0.1) is 5.92 Å². The van der Waals surface area contributed by atoms with Crippen molar-refractivity contribution in [1.29, 1.82) is 0 Å². The van der Waals surface area contributed by atoms with Gasteiger partial charge in [-0.1, -0.05) is 13.8 Å². The molecule has 0 aromatic rings. The molecule has 2 aliphatic rings. The molecule has 1 atom stereocenters. The first-order valence-electron chi connectivity index (χ1n) is 8.88. The third-order valence-corrected chi connectivity index (χ3v) is 7.77. The normalized spacial score (nSPS) is 24.6. The number of halogens is 1. The predicted octanol–water partition coefficient (Wildman–Crippen LogP) is 3.56. The summed E-state index contributed by atoms with van der Waals surface area (Å²) in [6.07, 6.45) is 4.45. The number of thioether (sulfide) groups is 2. The summed E-state index contributed by atoms with van der Waals surface area (Å²) in [5.41, 5.74) is 0. The standard InChI is InChI=1S/C17H33N3OS2.HI/c1-5-18-16(20-8-11-23-15(12-20)14(2)3)19-13-17(22-4)6-9-21-10-7-17;/h14-15H,5-13H2,1-4H3,(H,18,19);1H. The Morgan fingerprint density at radius 1 is 1.42 bits per heavy atom. The van der Waals surface area contributed by atoms with Gasteiger partial charge >= 0.3 is 0 Å². The van der Waals surface area contributed by atoms with Gasteiger partial charge in [-0.2, -0.15) is 23.5 Å². The molecule has 0 radical (unpaired) electrons. The summed E-state index contributed by atoms with van der Waals surface area (Å²) in [4.78, 5) is 7.51. The Balaban J connectivity index is 0.00000288. The van der Waals surface area contributed by atoms with Crippen molar-refractivity contribution in [1.82, 2.24) is 10.2 Å². The smallest absolute Gasteiger partial charge is 0.194 e. The van der Waals surface area contributed by atoms with E-state index >= 15 is 0 Å². The van der Waals surface area contributed by atoms with Crippen molar-refractivity contribution in [3.63, 3.8) is 0 Å². The SMILES string of the molecule is CCNC(=NCC1(SC)CCOCC1)N1CCSC(C(C)C)C1.I. The minimum Gasteiger partial charge on any atom is -0.381 e. The fourth-order valence-electron chi connectivity index (χ4n) is 3.09. The van der Waals surface area contributed by atoms with Gasteiger partial charge in [-0.3, -0.25) is 4.99 Å². The van der Waals surface area contributed by atoms with Gasteiger partial charge in [-0.25, -0.2) is 0 Å². The van der Waals surface area contributed by atoms with E-state index in [1.807, 2.05) is 11.8 Å². The lowest BCUT2D eigenvalue weighted by Gasteiger charge is -2.38. The fourth-order valence-corrected chi connectivity index (χ4v) is 5.15. The lowest BCUT2D eigenvalue weighted by molar-refractivity contribution is 0.0793. The second-order valence-electron chi connectivity index (χ2n) is 6.77. The number of hydrogen-bond donors (Lipinski definition) is 1. The van der Waals surface area contributed by atoms with Crippen molar-refractivity contribution in [2.75, 3.05) is 51.4 Å². The molecule has 2 aliphatic heterocycles. The summed E-state index contributed by atoms with van der Waals surface area (Å²) < 4.78 is 5.81. The molecular weight excluding hydrogens is 453 g/mol. The van der Waals surface area contributed by atoms with Crippen molar-refractivity contribution in [3.05, 3.63) is 0 Å². The monoisotopic (exact) mass is 487 g/mol. The van der Waals surface area contributed by atoms with Crippen LogP contribution in [-0.4, -0.2) is 72.3 Å². The fraction of sp³-hybridized carbons (Fsp3) is 0.941. The van der Waals surface area contributed by atoms with Crippen LogP contribution in [0.2, 0.25) is 0 Å². The molecule has 0 amide bonds. The second-order valence-corrected chi connectivity index (χ2v) is 9.39. The minimum absolute atomic E-state index is 0. The van der Waals surface area contributed by atoms with Gasteiger partial charge in [0.1, 0.15) is 0 Å². The molecule has 1 N–H and O–H groups in total. The second kappa shape index (κ2) is 11.4. The number of aliphatic imine (C=N–C) groups is 1. The van der Waals surface area contributed by atoms with Gasteiger partial charge in [-0.15, -0.1) is 24.0 Å². The van der Waals surface area contributed by atoms with Crippen molar-refractivity contribution in [2.45, 2.75) is 43.6 Å². The van der Waals surface area contributed by atoms with E-state index in [4.69, 9.17) is 9.73 Å². The average molecular weight is 488 g/mol. The first-order valence-corrected chi connectivity index (χ1v) is 11.2. The largest absolute Gasteiger partial charge is 0.381 e. The van der Waals surface area contributed by atoms with E-state index in [9.17, 15) is 0 Å². The van der Waals surface area contributed by atoms with Crippen LogP contribution in [0.15, 0.2) is 4.99 Å². The van der Waals surface area contributed by atoms with E-state index in [2.05, 4.69) is 49.0 Å².